The molecule has 1 aromatic rings. The SMILES string of the molecule is COc1ccc([SiH2]N)cc1. The van der Waals surface area contributed by atoms with Crippen LogP contribution in [-0.2, 0) is 0 Å². The van der Waals surface area contributed by atoms with Crippen molar-refractivity contribution in [3.63, 3.8) is 0 Å². The van der Waals surface area contributed by atoms with Crippen molar-refractivity contribution in [3.05, 3.63) is 24.3 Å². The van der Waals surface area contributed by atoms with Crippen LogP contribution in [-0.4, -0.2) is 16.8 Å². The summed E-state index contributed by atoms with van der Waals surface area (Å²) in [5, 5.41) is 6.80. The molecule has 0 aliphatic rings. The molecule has 2 nitrogen and oxygen atoms in total. The molecule has 0 bridgehead atoms. The van der Waals surface area contributed by atoms with E-state index < -0.39 is 9.68 Å². The van der Waals surface area contributed by atoms with Gasteiger partial charge in [-0.3, -0.25) is 0 Å². The minimum atomic E-state index is -0.488. The molecule has 0 aliphatic heterocycles. The van der Waals surface area contributed by atoms with Gasteiger partial charge in [-0.15, -0.1) is 0 Å². The Hall–Kier alpha value is -0.803. The average molecular weight is 153 g/mol. The van der Waals surface area contributed by atoms with Crippen molar-refractivity contribution in [3.8, 4) is 5.75 Å². The Morgan fingerprint density at radius 1 is 1.30 bits per heavy atom. The van der Waals surface area contributed by atoms with Crippen LogP contribution in [0.2, 0.25) is 0 Å². The lowest BCUT2D eigenvalue weighted by atomic mass is 10.3. The second kappa shape index (κ2) is 3.39. The van der Waals surface area contributed by atoms with Gasteiger partial charge in [0.05, 0.1) is 7.11 Å². The van der Waals surface area contributed by atoms with Crippen LogP contribution >= 0.6 is 0 Å². The lowest BCUT2D eigenvalue weighted by Gasteiger charge is -1.98. The molecule has 0 atom stereocenters. The first-order chi connectivity index (χ1) is 4.86. The zero-order chi connectivity index (χ0) is 7.40. The van der Waals surface area contributed by atoms with Crippen molar-refractivity contribution in [2.24, 2.45) is 5.40 Å². The highest BCUT2D eigenvalue weighted by Gasteiger charge is 1.89. The fourth-order valence-electron chi connectivity index (χ4n) is 0.762. The molecule has 0 radical (unpaired) electrons. The molecule has 2 N–H and O–H groups in total. The summed E-state index contributed by atoms with van der Waals surface area (Å²) >= 11 is 0. The van der Waals surface area contributed by atoms with E-state index in [4.69, 9.17) is 10.1 Å². The molecule has 0 unspecified atom stereocenters. The van der Waals surface area contributed by atoms with E-state index in [2.05, 4.69) is 0 Å². The third-order valence-electron chi connectivity index (χ3n) is 1.39. The maximum atomic E-state index is 5.54. The van der Waals surface area contributed by atoms with Crippen LogP contribution in [0.4, 0.5) is 0 Å². The highest BCUT2D eigenvalue weighted by Crippen LogP contribution is 2.04. The molecular formula is C7H11NOSi. The van der Waals surface area contributed by atoms with E-state index >= 15 is 0 Å². The fourth-order valence-corrected chi connectivity index (χ4v) is 1.27. The molecule has 0 aliphatic carbocycles. The van der Waals surface area contributed by atoms with E-state index in [9.17, 15) is 0 Å². The smallest absolute Gasteiger partial charge is 0.122 e. The standard InChI is InChI=1S/C7H11NOSi/c1-9-6-2-4-7(10-8)5-3-6/h2-5H,8,10H2,1H3. The number of ether oxygens (including phenoxy) is 1. The summed E-state index contributed by atoms with van der Waals surface area (Å²) in [6.07, 6.45) is 0. The quantitative estimate of drug-likeness (QED) is 0.574. The minimum absolute atomic E-state index is 0.488. The average Bonchev–Trinajstić information content (AvgIpc) is 2.05. The molecular weight excluding hydrogens is 142 g/mol. The number of hydrogen-bond donors (Lipinski definition) is 1. The summed E-state index contributed by atoms with van der Waals surface area (Å²) in [6, 6.07) is 7.92. The summed E-state index contributed by atoms with van der Waals surface area (Å²) in [5.74, 6) is 0.895. The summed E-state index contributed by atoms with van der Waals surface area (Å²) in [4.78, 5) is 0. The molecule has 0 aromatic heterocycles. The van der Waals surface area contributed by atoms with Crippen molar-refractivity contribution >= 4 is 14.9 Å². The molecule has 10 heavy (non-hydrogen) atoms. The molecule has 1 rings (SSSR count). The largest absolute Gasteiger partial charge is 0.497 e. The molecule has 0 amide bonds. The monoisotopic (exact) mass is 153 g/mol. The zero-order valence-corrected chi connectivity index (χ0v) is 7.42. The van der Waals surface area contributed by atoms with Gasteiger partial charge in [0.1, 0.15) is 15.4 Å². The van der Waals surface area contributed by atoms with Gasteiger partial charge in [0.15, 0.2) is 0 Å². The first-order valence-electron chi connectivity index (χ1n) is 3.20. The number of rotatable bonds is 2. The van der Waals surface area contributed by atoms with E-state index in [1.807, 2.05) is 24.3 Å². The second-order valence-corrected chi connectivity index (χ2v) is 3.28. The first kappa shape index (κ1) is 7.31. The molecule has 0 heterocycles. The lowest BCUT2D eigenvalue weighted by molar-refractivity contribution is 0.415. The van der Waals surface area contributed by atoms with E-state index in [0.29, 0.717) is 0 Å². The molecule has 0 fully saturated rings. The highest BCUT2D eigenvalue weighted by molar-refractivity contribution is 6.49. The van der Waals surface area contributed by atoms with Crippen LogP contribution < -0.4 is 15.3 Å². The number of benzene rings is 1. The van der Waals surface area contributed by atoms with Gasteiger partial charge in [0, 0.05) is 0 Å². The Bertz CT molecular complexity index is 174. The highest BCUT2D eigenvalue weighted by atomic mass is 28.2. The Labute approximate surface area is 62.9 Å². The van der Waals surface area contributed by atoms with Gasteiger partial charge < -0.3 is 10.1 Å². The van der Waals surface area contributed by atoms with Crippen LogP contribution in [0.5, 0.6) is 5.75 Å². The number of nitrogens with two attached hydrogens (primary N) is 1. The number of hydrogen-bond acceptors (Lipinski definition) is 2. The van der Waals surface area contributed by atoms with Crippen LogP contribution in [0.25, 0.3) is 0 Å². The minimum Gasteiger partial charge on any atom is -0.497 e. The predicted octanol–water partition coefficient (Wildman–Crippen LogP) is -0.637. The van der Waals surface area contributed by atoms with Crippen LogP contribution in [0.15, 0.2) is 24.3 Å². The van der Waals surface area contributed by atoms with Crippen molar-refractivity contribution in [2.45, 2.75) is 0 Å². The van der Waals surface area contributed by atoms with E-state index in [0.717, 1.165) is 5.75 Å². The van der Waals surface area contributed by atoms with Crippen molar-refractivity contribution < 1.29 is 4.74 Å². The van der Waals surface area contributed by atoms with Crippen LogP contribution in [0.3, 0.4) is 0 Å². The molecule has 3 heteroatoms. The number of methoxy groups -OCH3 is 1. The van der Waals surface area contributed by atoms with E-state index in [-0.39, 0.29) is 0 Å². The van der Waals surface area contributed by atoms with Crippen LogP contribution in [0, 0.1) is 0 Å². The molecule has 0 saturated heterocycles. The normalized spacial score (nSPS) is 10.6. The third-order valence-corrected chi connectivity index (χ3v) is 2.34. The summed E-state index contributed by atoms with van der Waals surface area (Å²) < 4.78 is 4.99. The maximum absolute atomic E-state index is 5.54. The summed E-state index contributed by atoms with van der Waals surface area (Å²) in [7, 11) is 1.17. The van der Waals surface area contributed by atoms with Gasteiger partial charge in [-0.1, -0.05) is 17.3 Å². The van der Waals surface area contributed by atoms with Crippen molar-refractivity contribution in [2.75, 3.05) is 7.11 Å². The van der Waals surface area contributed by atoms with E-state index in [1.54, 1.807) is 7.11 Å². The Balaban J connectivity index is 2.80. The molecule has 54 valence electrons. The lowest BCUT2D eigenvalue weighted by Crippen LogP contribution is -2.22. The fraction of sp³-hybridized carbons (Fsp3) is 0.143. The van der Waals surface area contributed by atoms with Crippen LogP contribution in [0.1, 0.15) is 0 Å². The van der Waals surface area contributed by atoms with Crippen molar-refractivity contribution in [1.82, 2.24) is 0 Å². The Kier molecular flexibility index (Phi) is 2.47. The Morgan fingerprint density at radius 2 is 1.90 bits per heavy atom. The summed E-state index contributed by atoms with van der Waals surface area (Å²) in [5.41, 5.74) is 0. The summed E-state index contributed by atoms with van der Waals surface area (Å²) in [6.45, 7) is 0. The first-order valence-corrected chi connectivity index (χ1v) is 4.72. The third kappa shape index (κ3) is 1.59. The maximum Gasteiger partial charge on any atom is 0.122 e. The predicted molar refractivity (Wildman–Crippen MR) is 45.4 cm³/mol. The van der Waals surface area contributed by atoms with E-state index in [1.165, 1.54) is 5.19 Å². The van der Waals surface area contributed by atoms with Gasteiger partial charge in [0.25, 0.3) is 0 Å². The Morgan fingerprint density at radius 3 is 2.30 bits per heavy atom. The van der Waals surface area contributed by atoms with Gasteiger partial charge >= 0.3 is 0 Å². The van der Waals surface area contributed by atoms with Gasteiger partial charge in [-0.2, -0.15) is 0 Å². The van der Waals surface area contributed by atoms with Crippen molar-refractivity contribution in [1.29, 1.82) is 0 Å². The van der Waals surface area contributed by atoms with Gasteiger partial charge in [-0.05, 0) is 12.1 Å². The molecule has 0 saturated carbocycles. The second-order valence-electron chi connectivity index (χ2n) is 2.05. The molecule has 0 spiro atoms. The zero-order valence-electron chi connectivity index (χ0n) is 6.00. The topological polar surface area (TPSA) is 35.2 Å². The van der Waals surface area contributed by atoms with Gasteiger partial charge in [0.2, 0.25) is 0 Å². The van der Waals surface area contributed by atoms with Gasteiger partial charge in [-0.25, -0.2) is 0 Å². The molecule has 1 aromatic carbocycles.